The lowest BCUT2D eigenvalue weighted by Gasteiger charge is -2.23. The number of rotatable bonds is 5. The lowest BCUT2D eigenvalue weighted by Crippen LogP contribution is -2.30. The summed E-state index contributed by atoms with van der Waals surface area (Å²) in [6.07, 6.45) is 2.55. The number of pyridine rings is 1. The molecule has 2 heterocycles. The minimum atomic E-state index is -0.115. The van der Waals surface area contributed by atoms with Gasteiger partial charge < -0.3 is 10.5 Å². The molecule has 0 aliphatic heterocycles. The Labute approximate surface area is 128 Å². The molecule has 3 rings (SSSR count). The molecule has 21 heavy (non-hydrogen) atoms. The normalized spacial score (nSPS) is 14.0. The quantitative estimate of drug-likeness (QED) is 0.769. The van der Waals surface area contributed by atoms with Gasteiger partial charge in [-0.2, -0.15) is 0 Å². The van der Waals surface area contributed by atoms with E-state index in [4.69, 9.17) is 10.5 Å². The molecule has 0 aliphatic rings. The smallest absolute Gasteiger partial charge is 0.148 e. The largest absolute Gasteiger partial charge is 0.483 e. The Kier molecular flexibility index (Phi) is 4.18. The molecule has 0 amide bonds. The predicted molar refractivity (Wildman–Crippen MR) is 87.7 cm³/mol. The third kappa shape index (κ3) is 3.06. The Morgan fingerprint density at radius 3 is 2.90 bits per heavy atom. The summed E-state index contributed by atoms with van der Waals surface area (Å²) in [4.78, 5) is 5.53. The van der Waals surface area contributed by atoms with Gasteiger partial charge in [0.15, 0.2) is 0 Å². The fourth-order valence-corrected chi connectivity index (χ4v) is 3.12. The Morgan fingerprint density at radius 2 is 2.14 bits per heavy atom. The second kappa shape index (κ2) is 6.24. The highest BCUT2D eigenvalue weighted by Gasteiger charge is 2.21. The Bertz CT molecular complexity index is 712. The highest BCUT2D eigenvalue weighted by Crippen LogP contribution is 2.29. The minimum Gasteiger partial charge on any atom is -0.483 e. The Morgan fingerprint density at radius 1 is 1.24 bits per heavy atom. The molecule has 2 aromatic heterocycles. The Hall–Kier alpha value is -1.91. The van der Waals surface area contributed by atoms with Crippen LogP contribution in [-0.2, 0) is 0 Å². The van der Waals surface area contributed by atoms with Crippen molar-refractivity contribution < 1.29 is 4.74 Å². The van der Waals surface area contributed by atoms with E-state index in [0.717, 1.165) is 28.0 Å². The van der Waals surface area contributed by atoms with Crippen LogP contribution in [0.25, 0.3) is 10.9 Å². The van der Waals surface area contributed by atoms with E-state index in [1.807, 2.05) is 36.4 Å². The third-order valence-corrected chi connectivity index (χ3v) is 4.46. The van der Waals surface area contributed by atoms with Gasteiger partial charge in [-0.3, -0.25) is 4.98 Å². The van der Waals surface area contributed by atoms with Gasteiger partial charge >= 0.3 is 0 Å². The van der Waals surface area contributed by atoms with Gasteiger partial charge in [-0.05, 0) is 36.1 Å². The average molecular weight is 298 g/mol. The van der Waals surface area contributed by atoms with Gasteiger partial charge in [0, 0.05) is 28.6 Å². The first-order chi connectivity index (χ1) is 10.3. The van der Waals surface area contributed by atoms with Gasteiger partial charge in [0.2, 0.25) is 0 Å². The zero-order valence-electron chi connectivity index (χ0n) is 11.9. The van der Waals surface area contributed by atoms with Crippen molar-refractivity contribution in [3.05, 3.63) is 58.9 Å². The van der Waals surface area contributed by atoms with Gasteiger partial charge in [0.1, 0.15) is 11.9 Å². The van der Waals surface area contributed by atoms with Crippen LogP contribution in [-0.4, -0.2) is 11.0 Å². The summed E-state index contributed by atoms with van der Waals surface area (Å²) in [5, 5.41) is 3.16. The predicted octanol–water partition coefficient (Wildman–Crippen LogP) is 4.15. The van der Waals surface area contributed by atoms with Crippen molar-refractivity contribution in [1.82, 2.24) is 4.98 Å². The third-order valence-electron chi connectivity index (χ3n) is 3.52. The molecule has 2 atom stereocenters. The highest BCUT2D eigenvalue weighted by molar-refractivity contribution is 7.10. The van der Waals surface area contributed by atoms with Crippen molar-refractivity contribution >= 4 is 22.2 Å². The van der Waals surface area contributed by atoms with Crippen LogP contribution in [0.4, 0.5) is 0 Å². The number of benzene rings is 1. The first kappa shape index (κ1) is 14.0. The summed E-state index contributed by atoms with van der Waals surface area (Å²) in [5.41, 5.74) is 7.17. The fraction of sp³-hybridized carbons (Fsp3) is 0.235. The molecule has 0 bridgehead atoms. The molecule has 0 radical (unpaired) electrons. The number of nitrogens with zero attached hydrogens (tertiary/aromatic N) is 1. The average Bonchev–Trinajstić information content (AvgIpc) is 3.06. The summed E-state index contributed by atoms with van der Waals surface area (Å²) < 4.78 is 6.17. The second-order valence-corrected chi connectivity index (χ2v) is 5.96. The van der Waals surface area contributed by atoms with E-state index in [1.165, 1.54) is 0 Å². The van der Waals surface area contributed by atoms with Crippen LogP contribution in [0, 0.1) is 0 Å². The first-order valence-corrected chi connectivity index (χ1v) is 7.96. The van der Waals surface area contributed by atoms with Crippen molar-refractivity contribution in [2.24, 2.45) is 5.73 Å². The van der Waals surface area contributed by atoms with Crippen LogP contribution < -0.4 is 10.5 Å². The fourth-order valence-electron chi connectivity index (χ4n) is 2.29. The van der Waals surface area contributed by atoms with E-state index in [2.05, 4.69) is 23.4 Å². The van der Waals surface area contributed by atoms with Crippen molar-refractivity contribution in [2.75, 3.05) is 0 Å². The van der Waals surface area contributed by atoms with Crippen LogP contribution in [0.3, 0.4) is 0 Å². The van der Waals surface area contributed by atoms with Gasteiger partial charge in [-0.25, -0.2) is 0 Å². The highest BCUT2D eigenvalue weighted by atomic mass is 32.1. The summed E-state index contributed by atoms with van der Waals surface area (Å²) >= 11 is 1.68. The number of aromatic nitrogens is 1. The Balaban J connectivity index is 1.90. The van der Waals surface area contributed by atoms with E-state index in [1.54, 1.807) is 17.5 Å². The molecule has 0 fully saturated rings. The summed E-state index contributed by atoms with van der Waals surface area (Å²) in [5.74, 6) is 0.809. The lowest BCUT2D eigenvalue weighted by atomic mass is 10.1. The monoisotopic (exact) mass is 298 g/mol. The maximum atomic E-state index is 6.23. The summed E-state index contributed by atoms with van der Waals surface area (Å²) in [7, 11) is 0. The molecule has 0 saturated heterocycles. The molecule has 108 valence electrons. The standard InChI is InChI=1S/C17H18N2OS/c1-2-14(18)17(16-6-4-10-21-16)20-13-8-7-12-5-3-9-19-15(12)11-13/h3-11,14,17H,2,18H2,1H3. The van der Waals surface area contributed by atoms with Crippen molar-refractivity contribution in [1.29, 1.82) is 0 Å². The van der Waals surface area contributed by atoms with Crippen molar-refractivity contribution in [2.45, 2.75) is 25.5 Å². The van der Waals surface area contributed by atoms with Crippen LogP contribution in [0.2, 0.25) is 0 Å². The van der Waals surface area contributed by atoms with E-state index >= 15 is 0 Å². The van der Waals surface area contributed by atoms with Gasteiger partial charge in [-0.15, -0.1) is 11.3 Å². The topological polar surface area (TPSA) is 48.1 Å². The molecule has 2 unspecified atom stereocenters. The summed E-state index contributed by atoms with van der Waals surface area (Å²) in [6, 6.07) is 14.0. The van der Waals surface area contributed by atoms with Crippen LogP contribution >= 0.6 is 11.3 Å². The van der Waals surface area contributed by atoms with Crippen LogP contribution in [0.15, 0.2) is 54.0 Å². The van der Waals surface area contributed by atoms with Crippen molar-refractivity contribution in [3.8, 4) is 5.75 Å². The molecule has 4 heteroatoms. The van der Waals surface area contributed by atoms with E-state index in [0.29, 0.717) is 0 Å². The summed E-state index contributed by atoms with van der Waals surface area (Å²) in [6.45, 7) is 2.08. The van der Waals surface area contributed by atoms with E-state index < -0.39 is 0 Å². The number of fused-ring (bicyclic) bond motifs is 1. The number of thiophene rings is 1. The van der Waals surface area contributed by atoms with Crippen LogP contribution in [0.1, 0.15) is 24.3 Å². The molecular formula is C17H18N2OS. The maximum Gasteiger partial charge on any atom is 0.148 e. The van der Waals surface area contributed by atoms with Gasteiger partial charge in [0.05, 0.1) is 5.52 Å². The first-order valence-electron chi connectivity index (χ1n) is 7.08. The maximum absolute atomic E-state index is 6.23. The second-order valence-electron chi connectivity index (χ2n) is 4.98. The van der Waals surface area contributed by atoms with Gasteiger partial charge in [0.25, 0.3) is 0 Å². The number of hydrogen-bond donors (Lipinski definition) is 1. The SMILES string of the molecule is CCC(N)C(Oc1ccc2cccnc2c1)c1cccs1. The zero-order chi connectivity index (χ0) is 14.7. The molecule has 0 saturated carbocycles. The molecule has 2 N–H and O–H groups in total. The molecule has 0 spiro atoms. The zero-order valence-corrected chi connectivity index (χ0v) is 12.7. The number of ether oxygens (including phenoxy) is 1. The minimum absolute atomic E-state index is 0.0249. The molecular weight excluding hydrogens is 280 g/mol. The van der Waals surface area contributed by atoms with E-state index in [9.17, 15) is 0 Å². The number of nitrogens with two attached hydrogens (primary N) is 1. The molecule has 3 nitrogen and oxygen atoms in total. The molecule has 1 aromatic carbocycles. The molecule has 3 aromatic rings. The van der Waals surface area contributed by atoms with Crippen LogP contribution in [0.5, 0.6) is 5.75 Å². The number of hydrogen-bond acceptors (Lipinski definition) is 4. The van der Waals surface area contributed by atoms with E-state index in [-0.39, 0.29) is 12.1 Å². The lowest BCUT2D eigenvalue weighted by molar-refractivity contribution is 0.175. The van der Waals surface area contributed by atoms with Crippen molar-refractivity contribution in [3.63, 3.8) is 0 Å². The molecule has 0 aliphatic carbocycles. The van der Waals surface area contributed by atoms with Gasteiger partial charge in [-0.1, -0.05) is 19.1 Å².